The van der Waals surface area contributed by atoms with Crippen molar-refractivity contribution < 1.29 is 77.2 Å². The summed E-state index contributed by atoms with van der Waals surface area (Å²) in [5, 5.41) is 12.3. The number of rotatable bonds is 11. The minimum atomic E-state index is -6.70. The monoisotopic (exact) mass is 912 g/mol. The third-order valence-corrected chi connectivity index (χ3v) is 9.48. The van der Waals surface area contributed by atoms with Crippen LogP contribution < -0.4 is 9.47 Å². The van der Waals surface area contributed by atoms with E-state index in [1.165, 1.54) is 30.3 Å². The van der Waals surface area contributed by atoms with E-state index in [4.69, 9.17) is 37.4 Å². The van der Waals surface area contributed by atoms with E-state index in [9.17, 15) is 63.5 Å². The lowest BCUT2D eigenvalue weighted by atomic mass is 9.93. The van der Waals surface area contributed by atoms with Gasteiger partial charge in [-0.1, -0.05) is 41.4 Å². The number of hydrogen-bond acceptors (Lipinski definition) is 9. The van der Waals surface area contributed by atoms with Crippen LogP contribution in [0.25, 0.3) is 16.8 Å². The molecule has 1 fully saturated rings. The first-order valence-corrected chi connectivity index (χ1v) is 18.0. The van der Waals surface area contributed by atoms with Crippen molar-refractivity contribution in [2.45, 2.75) is 70.1 Å². The van der Waals surface area contributed by atoms with Crippen LogP contribution in [0.2, 0.25) is 10.0 Å². The molecule has 0 N–H and O–H groups in total. The number of hydrogen-bond donors (Lipinski definition) is 0. The SMILES string of the molecule is CC(C)(C)C(=O)OCc1cccc(OC(=O)OCN(C(=O)c2cc(-c3cnn(-c4c(Cl)cc(C(F)(C(F)(F)F)C(F)(F)F)cc4OC(F)(F)F)c3)ccc2Cl)C2(C#N)CC2)c1. The lowest BCUT2D eigenvalue weighted by molar-refractivity contribution is -0.348. The van der Waals surface area contributed by atoms with Crippen LogP contribution >= 0.6 is 23.2 Å². The lowest BCUT2D eigenvalue weighted by Crippen LogP contribution is -2.50. The van der Waals surface area contributed by atoms with Crippen LogP contribution in [0.3, 0.4) is 0 Å². The molecule has 0 unspecified atom stereocenters. The van der Waals surface area contributed by atoms with Gasteiger partial charge in [0.25, 0.3) is 5.91 Å². The van der Waals surface area contributed by atoms with Gasteiger partial charge in [-0.3, -0.25) is 14.5 Å². The summed E-state index contributed by atoms with van der Waals surface area (Å²) in [5.74, 6) is -3.23. The Labute approximate surface area is 348 Å². The van der Waals surface area contributed by atoms with Crippen LogP contribution in [-0.4, -0.2) is 63.7 Å². The highest BCUT2D eigenvalue weighted by Gasteiger charge is 2.73. The maximum atomic E-state index is 14.9. The van der Waals surface area contributed by atoms with Crippen LogP contribution in [0.4, 0.5) is 48.7 Å². The fraction of sp³-hybridized carbons (Fsp3) is 0.342. The summed E-state index contributed by atoms with van der Waals surface area (Å²) < 4.78 is 156. The van der Waals surface area contributed by atoms with Gasteiger partial charge in [0.2, 0.25) is 0 Å². The number of aromatic nitrogens is 2. The van der Waals surface area contributed by atoms with E-state index in [0.717, 1.165) is 23.4 Å². The molecule has 0 bridgehead atoms. The van der Waals surface area contributed by atoms with Crippen molar-refractivity contribution in [3.05, 3.63) is 93.7 Å². The molecule has 4 aromatic rings. The fourth-order valence-corrected chi connectivity index (χ4v) is 6.03. The first-order valence-electron chi connectivity index (χ1n) is 17.2. The van der Waals surface area contributed by atoms with Gasteiger partial charge in [-0.05, 0) is 81.1 Å². The zero-order valence-electron chi connectivity index (χ0n) is 31.4. The van der Waals surface area contributed by atoms with Crippen LogP contribution in [0.5, 0.6) is 11.5 Å². The predicted octanol–water partition coefficient (Wildman–Crippen LogP) is 10.8. The van der Waals surface area contributed by atoms with Gasteiger partial charge in [-0.25, -0.2) is 13.9 Å². The molecule has 3 aromatic carbocycles. The summed E-state index contributed by atoms with van der Waals surface area (Å²) >= 11 is 12.3. The Morgan fingerprint density at radius 2 is 1.52 bits per heavy atom. The van der Waals surface area contributed by atoms with Gasteiger partial charge in [-0.2, -0.15) is 36.7 Å². The van der Waals surface area contributed by atoms with E-state index in [1.54, 1.807) is 26.8 Å². The largest absolute Gasteiger partial charge is 0.573 e. The second-order valence-corrected chi connectivity index (χ2v) is 15.2. The maximum absolute atomic E-state index is 14.9. The lowest BCUT2D eigenvalue weighted by Gasteiger charge is -2.31. The molecule has 0 aliphatic heterocycles. The smallest absolute Gasteiger partial charge is 0.460 e. The second kappa shape index (κ2) is 16.6. The van der Waals surface area contributed by atoms with Gasteiger partial charge >= 0.3 is 36.5 Å². The van der Waals surface area contributed by atoms with Crippen molar-refractivity contribution in [3.8, 4) is 34.4 Å². The molecule has 1 saturated carbocycles. The summed E-state index contributed by atoms with van der Waals surface area (Å²) in [5.41, 5.74) is -11.7. The maximum Gasteiger partial charge on any atom is 0.573 e. The third kappa shape index (κ3) is 10.1. The molecule has 1 amide bonds. The number of amides is 1. The number of benzene rings is 3. The Bertz CT molecular complexity index is 2370. The zero-order valence-corrected chi connectivity index (χ0v) is 32.9. The minimum Gasteiger partial charge on any atom is -0.460 e. The molecule has 61 heavy (non-hydrogen) atoms. The topological polar surface area (TPSA) is 133 Å². The van der Waals surface area contributed by atoms with Crippen molar-refractivity contribution >= 4 is 41.2 Å². The Balaban J connectivity index is 1.41. The fourth-order valence-electron chi connectivity index (χ4n) is 5.54. The summed E-state index contributed by atoms with van der Waals surface area (Å²) in [6.07, 6.45) is -18.3. The quantitative estimate of drug-likeness (QED) is 0.0624. The van der Waals surface area contributed by atoms with Crippen molar-refractivity contribution in [1.82, 2.24) is 14.7 Å². The minimum absolute atomic E-state index is 0.0163. The van der Waals surface area contributed by atoms with Crippen LogP contribution in [0, 0.1) is 16.7 Å². The molecular formula is C38H28Cl2F10N4O7. The Hall–Kier alpha value is -5.75. The number of esters is 1. The number of ether oxygens (including phenoxy) is 4. The molecule has 5 rings (SSSR count). The Kier molecular flexibility index (Phi) is 12.6. The van der Waals surface area contributed by atoms with Crippen molar-refractivity contribution in [1.29, 1.82) is 5.26 Å². The molecule has 0 atom stereocenters. The Morgan fingerprint density at radius 3 is 2.10 bits per heavy atom. The second-order valence-electron chi connectivity index (χ2n) is 14.4. The number of carbonyl (C=O) groups is 3. The number of carbonyl (C=O) groups excluding carboxylic acids is 3. The van der Waals surface area contributed by atoms with E-state index in [0.29, 0.717) is 10.2 Å². The average Bonchev–Trinajstić information content (AvgIpc) is 3.78. The average molecular weight is 914 g/mol. The van der Waals surface area contributed by atoms with Crippen molar-refractivity contribution in [2.75, 3.05) is 6.73 Å². The van der Waals surface area contributed by atoms with E-state index in [-0.39, 0.29) is 53.0 Å². The molecule has 1 heterocycles. The van der Waals surface area contributed by atoms with Gasteiger partial charge in [0.15, 0.2) is 12.5 Å². The molecule has 1 aromatic heterocycles. The van der Waals surface area contributed by atoms with Crippen LogP contribution in [0.1, 0.15) is 55.1 Å². The third-order valence-electron chi connectivity index (χ3n) is 8.86. The first-order chi connectivity index (χ1) is 28.1. The van der Waals surface area contributed by atoms with Gasteiger partial charge in [0, 0.05) is 17.3 Å². The van der Waals surface area contributed by atoms with Gasteiger partial charge in [0.1, 0.15) is 23.6 Å². The molecule has 23 heteroatoms. The number of nitrogens with zero attached hydrogens (tertiary/aromatic N) is 4. The predicted molar refractivity (Wildman–Crippen MR) is 192 cm³/mol. The molecular weight excluding hydrogens is 885 g/mol. The van der Waals surface area contributed by atoms with E-state index >= 15 is 0 Å². The molecule has 0 spiro atoms. The number of alkyl halides is 10. The van der Waals surface area contributed by atoms with Gasteiger partial charge in [0.05, 0.1) is 33.3 Å². The number of halogens is 12. The normalized spacial score (nSPS) is 14.1. The molecule has 0 radical (unpaired) electrons. The summed E-state index contributed by atoms with van der Waals surface area (Å²) in [4.78, 5) is 39.7. The Morgan fingerprint density at radius 1 is 0.869 bits per heavy atom. The van der Waals surface area contributed by atoms with Crippen molar-refractivity contribution in [3.63, 3.8) is 0 Å². The van der Waals surface area contributed by atoms with E-state index in [2.05, 4.69) is 9.84 Å². The zero-order chi connectivity index (χ0) is 45.5. The summed E-state index contributed by atoms with van der Waals surface area (Å²) in [7, 11) is 0. The molecule has 1 aliphatic carbocycles. The van der Waals surface area contributed by atoms with Crippen LogP contribution in [-0.2, 0) is 26.5 Å². The molecule has 11 nitrogen and oxygen atoms in total. The van der Waals surface area contributed by atoms with Gasteiger partial charge < -0.3 is 18.9 Å². The van der Waals surface area contributed by atoms with Gasteiger partial charge in [-0.15, -0.1) is 13.2 Å². The highest BCUT2D eigenvalue weighted by molar-refractivity contribution is 6.34. The standard InChI is InChI=1S/C38H28Cl2F10N4O7/c1-33(2,3)31(56)58-17-20-5-4-6-24(11-20)60-32(57)59-19-53(34(18-51)9-10-34)30(55)25-12-21(7-8-26(25)39)22-15-52-54(16-22)29-27(40)13-23(14-28(29)61-38(48,49)50)35(41,36(42,43)44)37(45,46)47/h4-8,11-16H,9-10,17,19H2,1-3H3. The molecule has 0 saturated heterocycles. The summed E-state index contributed by atoms with van der Waals surface area (Å²) in [6, 6.07) is 10.9. The van der Waals surface area contributed by atoms with E-state index < -0.39 is 88.2 Å². The molecule has 1 aliphatic rings. The molecule has 326 valence electrons. The highest BCUT2D eigenvalue weighted by atomic mass is 35.5. The number of nitriles is 1. The van der Waals surface area contributed by atoms with Crippen molar-refractivity contribution in [2.24, 2.45) is 5.41 Å². The highest BCUT2D eigenvalue weighted by Crippen LogP contribution is 2.55. The first kappa shape index (κ1) is 46.3. The van der Waals surface area contributed by atoms with E-state index in [1.807, 2.05) is 6.07 Å². The summed E-state index contributed by atoms with van der Waals surface area (Å²) in [6.45, 7) is 4.03. The van der Waals surface area contributed by atoms with Crippen LogP contribution in [0.15, 0.2) is 67.0 Å².